The molecule has 1 atom stereocenters. The number of ether oxygens (including phenoxy) is 3. The minimum Gasteiger partial charge on any atom is -0.490 e. The van der Waals surface area contributed by atoms with Gasteiger partial charge in [0.25, 0.3) is 0 Å². The Kier molecular flexibility index (Phi) is 7.68. The van der Waals surface area contributed by atoms with Crippen LogP contribution in [0.15, 0.2) is 66.7 Å². The smallest absolute Gasteiger partial charge is 0.407 e. The van der Waals surface area contributed by atoms with Crippen molar-refractivity contribution in [2.75, 3.05) is 13.2 Å². The van der Waals surface area contributed by atoms with Crippen LogP contribution in [0.5, 0.6) is 11.5 Å². The zero-order valence-corrected chi connectivity index (χ0v) is 19.4. The lowest BCUT2D eigenvalue weighted by molar-refractivity contribution is -0.137. The molecule has 0 aliphatic heterocycles. The van der Waals surface area contributed by atoms with Gasteiger partial charge in [-0.3, -0.25) is 4.79 Å². The molecule has 0 heterocycles. The average Bonchev–Trinajstić information content (AvgIpc) is 3.17. The summed E-state index contributed by atoms with van der Waals surface area (Å²) in [6.45, 7) is -1.15. The van der Waals surface area contributed by atoms with Crippen LogP contribution in [0.3, 0.4) is 0 Å². The van der Waals surface area contributed by atoms with Crippen LogP contribution in [0, 0.1) is 0 Å². The van der Waals surface area contributed by atoms with Gasteiger partial charge in [0.2, 0.25) is 0 Å². The van der Waals surface area contributed by atoms with Crippen LogP contribution < -0.4 is 14.8 Å². The predicted molar refractivity (Wildman–Crippen MR) is 127 cm³/mol. The minimum absolute atomic E-state index is 0.0139. The highest BCUT2D eigenvalue weighted by Crippen LogP contribution is 2.44. The molecule has 0 unspecified atom stereocenters. The number of aliphatic carboxylic acids is 1. The summed E-state index contributed by atoms with van der Waals surface area (Å²) in [4.78, 5) is 24.2. The molecule has 3 aromatic carbocycles. The van der Waals surface area contributed by atoms with Gasteiger partial charge >= 0.3 is 18.7 Å². The Bertz CT molecular complexity index is 1200. The molecule has 9 heteroatoms. The summed E-state index contributed by atoms with van der Waals surface area (Å²) in [6.07, 6.45) is -1.25. The number of halogens is 2. The van der Waals surface area contributed by atoms with Crippen molar-refractivity contribution < 1.29 is 37.7 Å². The van der Waals surface area contributed by atoms with Crippen LogP contribution in [-0.2, 0) is 9.53 Å². The van der Waals surface area contributed by atoms with Gasteiger partial charge < -0.3 is 24.6 Å². The van der Waals surface area contributed by atoms with E-state index in [1.807, 2.05) is 48.5 Å². The van der Waals surface area contributed by atoms with Crippen molar-refractivity contribution in [3.63, 3.8) is 0 Å². The number of carboxylic acids is 1. The van der Waals surface area contributed by atoms with Crippen LogP contribution in [0.1, 0.15) is 42.0 Å². The highest BCUT2D eigenvalue weighted by Gasteiger charge is 2.29. The number of hydrogen-bond acceptors (Lipinski definition) is 5. The van der Waals surface area contributed by atoms with E-state index < -0.39 is 31.1 Å². The molecule has 0 saturated carbocycles. The summed E-state index contributed by atoms with van der Waals surface area (Å²) in [6, 6.07) is 18.8. The first kappa shape index (κ1) is 25.0. The molecule has 0 radical (unpaired) electrons. The van der Waals surface area contributed by atoms with Crippen LogP contribution in [-0.4, -0.2) is 37.0 Å². The monoisotopic (exact) mass is 497 g/mol. The zero-order valence-electron chi connectivity index (χ0n) is 19.4. The summed E-state index contributed by atoms with van der Waals surface area (Å²) < 4.78 is 40.8. The first-order chi connectivity index (χ1) is 17.4. The van der Waals surface area contributed by atoms with Crippen molar-refractivity contribution in [2.24, 2.45) is 0 Å². The van der Waals surface area contributed by atoms with E-state index in [-0.39, 0.29) is 30.6 Å². The summed E-state index contributed by atoms with van der Waals surface area (Å²) in [5.74, 6) is -1.49. The second kappa shape index (κ2) is 11.1. The summed E-state index contributed by atoms with van der Waals surface area (Å²) >= 11 is 0. The number of benzene rings is 3. The van der Waals surface area contributed by atoms with E-state index >= 15 is 0 Å². The van der Waals surface area contributed by atoms with E-state index in [1.54, 1.807) is 6.92 Å². The molecule has 1 aliphatic carbocycles. The van der Waals surface area contributed by atoms with Crippen molar-refractivity contribution >= 4 is 12.1 Å². The van der Waals surface area contributed by atoms with Gasteiger partial charge in [0.15, 0.2) is 11.5 Å². The Morgan fingerprint density at radius 2 is 1.61 bits per heavy atom. The topological polar surface area (TPSA) is 94.1 Å². The van der Waals surface area contributed by atoms with E-state index in [0.29, 0.717) is 5.56 Å². The number of amides is 1. The van der Waals surface area contributed by atoms with Gasteiger partial charge in [0.1, 0.15) is 6.61 Å². The normalized spacial score (nSPS) is 13.0. The van der Waals surface area contributed by atoms with Gasteiger partial charge in [-0.2, -0.15) is 8.78 Å². The second-order valence-electron chi connectivity index (χ2n) is 8.14. The summed E-state index contributed by atoms with van der Waals surface area (Å²) in [5.41, 5.74) is 4.60. The Hall–Kier alpha value is -4.14. The maximum Gasteiger partial charge on any atom is 0.407 e. The third kappa shape index (κ3) is 5.56. The number of alkyl halides is 2. The molecule has 188 valence electrons. The number of fused-ring (bicyclic) bond motifs is 3. The molecular weight excluding hydrogens is 472 g/mol. The maximum absolute atomic E-state index is 12.7. The van der Waals surface area contributed by atoms with Crippen LogP contribution in [0.2, 0.25) is 0 Å². The van der Waals surface area contributed by atoms with Gasteiger partial charge in [-0.1, -0.05) is 54.6 Å². The van der Waals surface area contributed by atoms with Gasteiger partial charge in [-0.15, -0.1) is 0 Å². The average molecular weight is 497 g/mol. The fraction of sp³-hybridized carbons (Fsp3) is 0.259. The molecule has 0 fully saturated rings. The Morgan fingerprint density at radius 3 is 2.19 bits per heavy atom. The molecule has 1 amide bonds. The lowest BCUT2D eigenvalue weighted by atomic mass is 9.98. The fourth-order valence-electron chi connectivity index (χ4n) is 4.41. The molecule has 7 nitrogen and oxygen atoms in total. The molecule has 36 heavy (non-hydrogen) atoms. The standard InChI is InChI=1S/C27H25F2NO6/c1-2-34-24-13-16(11-12-23(24)36-26(28)29)22(14-25(31)32)30-27(33)35-15-21-19-9-5-3-7-17(19)18-8-4-6-10-20(18)21/h3-13,21-22,26H,2,14-15H2,1H3,(H,30,33)(H,31,32)/t22-/m1/s1. The molecule has 0 aromatic heterocycles. The highest BCUT2D eigenvalue weighted by atomic mass is 19.3. The quantitative estimate of drug-likeness (QED) is 0.371. The molecule has 0 saturated heterocycles. The van der Waals surface area contributed by atoms with Crippen molar-refractivity contribution in [3.8, 4) is 22.6 Å². The first-order valence-electron chi connectivity index (χ1n) is 11.4. The fourth-order valence-corrected chi connectivity index (χ4v) is 4.41. The van der Waals surface area contributed by atoms with Crippen LogP contribution >= 0.6 is 0 Å². The molecule has 1 aliphatic rings. The summed E-state index contributed by atoms with van der Waals surface area (Å²) in [5, 5.41) is 12.0. The lowest BCUT2D eigenvalue weighted by Crippen LogP contribution is -2.31. The summed E-state index contributed by atoms with van der Waals surface area (Å²) in [7, 11) is 0. The Labute approximate surface area is 206 Å². The van der Waals surface area contributed by atoms with E-state index in [0.717, 1.165) is 22.3 Å². The third-order valence-electron chi connectivity index (χ3n) is 5.90. The number of carboxylic acid groups (broad SMARTS) is 1. The van der Waals surface area contributed by atoms with E-state index in [2.05, 4.69) is 10.1 Å². The molecule has 0 bridgehead atoms. The SMILES string of the molecule is CCOc1cc([C@@H](CC(=O)O)NC(=O)OCC2c3ccccc3-c3ccccc32)ccc1OC(F)F. The number of carbonyl (C=O) groups is 2. The van der Waals surface area contributed by atoms with Crippen LogP contribution in [0.4, 0.5) is 13.6 Å². The van der Waals surface area contributed by atoms with Crippen molar-refractivity contribution in [2.45, 2.75) is 31.9 Å². The van der Waals surface area contributed by atoms with Crippen molar-refractivity contribution in [3.05, 3.63) is 83.4 Å². The molecule has 0 spiro atoms. The second-order valence-corrected chi connectivity index (χ2v) is 8.14. The molecular formula is C27H25F2NO6. The van der Waals surface area contributed by atoms with Crippen molar-refractivity contribution in [1.29, 1.82) is 0 Å². The van der Waals surface area contributed by atoms with Crippen LogP contribution in [0.25, 0.3) is 11.1 Å². The molecule has 3 aromatic rings. The van der Waals surface area contributed by atoms with Gasteiger partial charge in [-0.25, -0.2) is 4.79 Å². The predicted octanol–water partition coefficient (Wildman–Crippen LogP) is 5.74. The number of nitrogens with one attached hydrogen (secondary N) is 1. The number of carbonyl (C=O) groups excluding carboxylic acids is 1. The van der Waals surface area contributed by atoms with E-state index in [1.165, 1.54) is 18.2 Å². The highest BCUT2D eigenvalue weighted by molar-refractivity contribution is 5.79. The largest absolute Gasteiger partial charge is 0.490 e. The number of alkyl carbamates (subject to hydrolysis) is 1. The molecule has 2 N–H and O–H groups in total. The maximum atomic E-state index is 12.7. The third-order valence-corrected chi connectivity index (χ3v) is 5.90. The van der Waals surface area contributed by atoms with Crippen molar-refractivity contribution in [1.82, 2.24) is 5.32 Å². The van der Waals surface area contributed by atoms with Gasteiger partial charge in [-0.05, 0) is 46.9 Å². The lowest BCUT2D eigenvalue weighted by Gasteiger charge is -2.20. The number of rotatable bonds is 10. The van der Waals surface area contributed by atoms with Gasteiger partial charge in [0.05, 0.1) is 19.1 Å². The van der Waals surface area contributed by atoms with Gasteiger partial charge in [0, 0.05) is 5.92 Å². The molecule has 4 rings (SSSR count). The first-order valence-corrected chi connectivity index (χ1v) is 11.4. The number of hydrogen-bond donors (Lipinski definition) is 2. The minimum atomic E-state index is -3.05. The Morgan fingerprint density at radius 1 is 0.972 bits per heavy atom. The Balaban J connectivity index is 1.50. The van der Waals surface area contributed by atoms with E-state index in [9.17, 15) is 23.5 Å². The zero-order chi connectivity index (χ0) is 25.7. The van der Waals surface area contributed by atoms with E-state index in [4.69, 9.17) is 9.47 Å².